The summed E-state index contributed by atoms with van der Waals surface area (Å²) in [5.41, 5.74) is 7.03. The summed E-state index contributed by atoms with van der Waals surface area (Å²) in [6.45, 7) is 3.11. The third-order valence-corrected chi connectivity index (χ3v) is 4.66. The van der Waals surface area contributed by atoms with Gasteiger partial charge >= 0.3 is 0 Å². The maximum Gasteiger partial charge on any atom is 0.216 e. The van der Waals surface area contributed by atoms with Gasteiger partial charge in [-0.25, -0.2) is 12.7 Å². The van der Waals surface area contributed by atoms with Crippen LogP contribution in [-0.2, 0) is 21.3 Å². The minimum Gasteiger partial charge on any atom is -0.381 e. The fourth-order valence-corrected chi connectivity index (χ4v) is 2.70. The molecule has 0 aliphatic heterocycles. The van der Waals surface area contributed by atoms with Crippen LogP contribution in [0.1, 0.15) is 18.1 Å². The molecule has 0 spiro atoms. The number of nitrogens with two attached hydrogens (primary N) is 1. The molecule has 0 atom stereocenters. The molecule has 0 saturated heterocycles. The standard InChI is InChI=1S/C15H22N2O3S/c1-3-20-11-12-21(18,19)17(2)13-15-8-5-4-7-14(15)9-6-10-16/h4-5,7-8H,3,10-13,16H2,1-2H3. The van der Waals surface area contributed by atoms with Crippen LogP contribution >= 0.6 is 0 Å². The van der Waals surface area contributed by atoms with Crippen molar-refractivity contribution < 1.29 is 13.2 Å². The molecule has 1 aromatic carbocycles. The van der Waals surface area contributed by atoms with Crippen molar-refractivity contribution in [2.75, 3.05) is 32.6 Å². The van der Waals surface area contributed by atoms with E-state index >= 15 is 0 Å². The monoisotopic (exact) mass is 310 g/mol. The molecule has 0 bridgehead atoms. The third kappa shape index (κ3) is 5.86. The molecule has 6 heteroatoms. The Bertz CT molecular complexity index is 603. The SMILES string of the molecule is CCOCCS(=O)(=O)N(C)Cc1ccccc1C#CCN. The van der Waals surface area contributed by atoms with Gasteiger partial charge in [-0.1, -0.05) is 30.0 Å². The minimum absolute atomic E-state index is 0.0199. The summed E-state index contributed by atoms with van der Waals surface area (Å²) in [4.78, 5) is 0. The number of nitrogens with zero attached hydrogens (tertiary/aromatic N) is 1. The molecule has 0 saturated carbocycles. The lowest BCUT2D eigenvalue weighted by molar-refractivity contribution is 0.162. The van der Waals surface area contributed by atoms with Crippen molar-refractivity contribution in [3.8, 4) is 11.8 Å². The van der Waals surface area contributed by atoms with Gasteiger partial charge in [-0.15, -0.1) is 0 Å². The predicted molar refractivity (Wildman–Crippen MR) is 84.1 cm³/mol. The second-order valence-corrected chi connectivity index (χ2v) is 6.63. The fraction of sp³-hybridized carbons (Fsp3) is 0.467. The molecule has 1 aromatic rings. The smallest absolute Gasteiger partial charge is 0.216 e. The molecule has 0 aliphatic rings. The van der Waals surface area contributed by atoms with Crippen molar-refractivity contribution in [2.24, 2.45) is 5.73 Å². The largest absolute Gasteiger partial charge is 0.381 e. The van der Waals surface area contributed by atoms with E-state index in [1.54, 1.807) is 7.05 Å². The Labute approximate surface area is 127 Å². The van der Waals surface area contributed by atoms with E-state index in [1.807, 2.05) is 31.2 Å². The Morgan fingerprint density at radius 1 is 1.33 bits per heavy atom. The number of ether oxygens (including phenoxy) is 1. The second-order valence-electron chi connectivity index (χ2n) is 4.43. The van der Waals surface area contributed by atoms with Crippen LogP contribution in [0.2, 0.25) is 0 Å². The van der Waals surface area contributed by atoms with Crippen LogP contribution in [0.15, 0.2) is 24.3 Å². The number of sulfonamides is 1. The van der Waals surface area contributed by atoms with Gasteiger partial charge in [-0.3, -0.25) is 0 Å². The highest BCUT2D eigenvalue weighted by Gasteiger charge is 2.18. The van der Waals surface area contributed by atoms with E-state index in [2.05, 4.69) is 11.8 Å². The number of hydrogen-bond donors (Lipinski definition) is 1. The molecule has 21 heavy (non-hydrogen) atoms. The van der Waals surface area contributed by atoms with Crippen molar-refractivity contribution in [2.45, 2.75) is 13.5 Å². The molecule has 0 aromatic heterocycles. The Kier molecular flexibility index (Phi) is 7.40. The summed E-state index contributed by atoms with van der Waals surface area (Å²) >= 11 is 0. The van der Waals surface area contributed by atoms with Crippen molar-refractivity contribution >= 4 is 10.0 Å². The van der Waals surface area contributed by atoms with Gasteiger partial charge in [-0.2, -0.15) is 0 Å². The second kappa shape index (κ2) is 8.80. The molecule has 0 aliphatic carbocycles. The van der Waals surface area contributed by atoms with Crippen LogP contribution < -0.4 is 5.73 Å². The van der Waals surface area contributed by atoms with E-state index in [0.29, 0.717) is 6.61 Å². The first-order valence-corrected chi connectivity index (χ1v) is 8.40. The molecular weight excluding hydrogens is 288 g/mol. The molecule has 5 nitrogen and oxygen atoms in total. The summed E-state index contributed by atoms with van der Waals surface area (Å²) in [7, 11) is -1.77. The molecule has 0 radical (unpaired) electrons. The summed E-state index contributed by atoms with van der Waals surface area (Å²) in [6.07, 6.45) is 0. The number of hydrogen-bond acceptors (Lipinski definition) is 4. The number of rotatable bonds is 7. The minimum atomic E-state index is -3.33. The average molecular weight is 310 g/mol. The zero-order valence-electron chi connectivity index (χ0n) is 12.5. The normalized spacial score (nSPS) is 11.2. The van der Waals surface area contributed by atoms with E-state index in [-0.39, 0.29) is 25.4 Å². The summed E-state index contributed by atoms with van der Waals surface area (Å²) in [5.74, 6) is 5.73. The van der Waals surface area contributed by atoms with Crippen LogP contribution in [0.3, 0.4) is 0 Å². The molecular formula is C15H22N2O3S. The number of benzene rings is 1. The highest BCUT2D eigenvalue weighted by atomic mass is 32.2. The first-order chi connectivity index (χ1) is 10.0. The van der Waals surface area contributed by atoms with E-state index < -0.39 is 10.0 Å². The lowest BCUT2D eigenvalue weighted by Crippen LogP contribution is -2.30. The first-order valence-electron chi connectivity index (χ1n) is 6.80. The van der Waals surface area contributed by atoms with Gasteiger partial charge in [0.05, 0.1) is 18.9 Å². The van der Waals surface area contributed by atoms with E-state index in [0.717, 1.165) is 11.1 Å². The van der Waals surface area contributed by atoms with Gasteiger partial charge in [0.2, 0.25) is 10.0 Å². The van der Waals surface area contributed by atoms with Gasteiger partial charge in [0, 0.05) is 25.8 Å². The van der Waals surface area contributed by atoms with Gasteiger partial charge in [0.15, 0.2) is 0 Å². The van der Waals surface area contributed by atoms with Crippen molar-refractivity contribution in [1.82, 2.24) is 4.31 Å². The molecule has 2 N–H and O–H groups in total. The van der Waals surface area contributed by atoms with Crippen molar-refractivity contribution in [1.29, 1.82) is 0 Å². The van der Waals surface area contributed by atoms with Gasteiger partial charge in [0.1, 0.15) is 0 Å². The van der Waals surface area contributed by atoms with Crippen LogP contribution in [0.5, 0.6) is 0 Å². The maximum absolute atomic E-state index is 12.1. The Morgan fingerprint density at radius 2 is 2.05 bits per heavy atom. The van der Waals surface area contributed by atoms with Crippen LogP contribution in [-0.4, -0.2) is 45.3 Å². The summed E-state index contributed by atoms with van der Waals surface area (Å²) in [6, 6.07) is 7.46. The van der Waals surface area contributed by atoms with Crippen molar-refractivity contribution in [3.05, 3.63) is 35.4 Å². The molecule has 1 rings (SSSR count). The maximum atomic E-state index is 12.1. The predicted octanol–water partition coefficient (Wildman–Crippen LogP) is 0.795. The van der Waals surface area contributed by atoms with E-state index in [4.69, 9.17) is 10.5 Å². The Morgan fingerprint density at radius 3 is 2.71 bits per heavy atom. The molecule has 0 unspecified atom stereocenters. The zero-order chi connectivity index (χ0) is 15.7. The molecule has 0 heterocycles. The Balaban J connectivity index is 2.81. The van der Waals surface area contributed by atoms with E-state index in [9.17, 15) is 8.42 Å². The van der Waals surface area contributed by atoms with Crippen LogP contribution in [0.4, 0.5) is 0 Å². The van der Waals surface area contributed by atoms with Crippen LogP contribution in [0.25, 0.3) is 0 Å². The van der Waals surface area contributed by atoms with Gasteiger partial charge in [0.25, 0.3) is 0 Å². The van der Waals surface area contributed by atoms with Crippen LogP contribution in [0, 0.1) is 11.8 Å². The highest BCUT2D eigenvalue weighted by molar-refractivity contribution is 7.89. The highest BCUT2D eigenvalue weighted by Crippen LogP contribution is 2.12. The zero-order valence-corrected chi connectivity index (χ0v) is 13.3. The Hall–Kier alpha value is -1.39. The third-order valence-electron chi connectivity index (χ3n) is 2.90. The first kappa shape index (κ1) is 17.7. The average Bonchev–Trinajstić information content (AvgIpc) is 2.46. The molecule has 0 amide bonds. The summed E-state index contributed by atoms with van der Waals surface area (Å²) in [5, 5.41) is 0. The van der Waals surface area contributed by atoms with E-state index in [1.165, 1.54) is 4.31 Å². The van der Waals surface area contributed by atoms with Crippen molar-refractivity contribution in [3.63, 3.8) is 0 Å². The topological polar surface area (TPSA) is 72.6 Å². The molecule has 0 fully saturated rings. The molecule has 116 valence electrons. The van der Waals surface area contributed by atoms with Gasteiger partial charge < -0.3 is 10.5 Å². The fourth-order valence-electron chi connectivity index (χ4n) is 1.73. The van der Waals surface area contributed by atoms with Gasteiger partial charge in [-0.05, 0) is 18.6 Å². The summed E-state index contributed by atoms with van der Waals surface area (Å²) < 4.78 is 30.7. The lowest BCUT2D eigenvalue weighted by atomic mass is 10.1. The lowest BCUT2D eigenvalue weighted by Gasteiger charge is -2.18. The quantitative estimate of drug-likeness (QED) is 0.597.